The molecule has 0 aliphatic heterocycles. The average Bonchev–Trinajstić information content (AvgIpc) is 2.51. The molecule has 1 heterocycles. The highest BCUT2D eigenvalue weighted by atomic mass is 79.9. The van der Waals surface area contributed by atoms with Crippen molar-refractivity contribution in [3.8, 4) is 0 Å². The second-order valence-electron chi connectivity index (χ2n) is 5.14. The molecule has 0 aromatic carbocycles. The van der Waals surface area contributed by atoms with Gasteiger partial charge < -0.3 is 10.4 Å². The number of aromatic nitrogens is 2. The molecule has 2 N–H and O–H groups in total. The lowest BCUT2D eigenvalue weighted by molar-refractivity contribution is 0.0495. The minimum atomic E-state index is -0.705. The van der Waals surface area contributed by atoms with Crippen LogP contribution in [0.4, 0.5) is 0 Å². The van der Waals surface area contributed by atoms with E-state index in [1.54, 1.807) is 0 Å². The molecule has 0 saturated carbocycles. The summed E-state index contributed by atoms with van der Waals surface area (Å²) in [5.74, 6) is 0. The summed E-state index contributed by atoms with van der Waals surface area (Å²) in [4.78, 5) is 0. The molecule has 0 radical (unpaired) electrons. The zero-order valence-electron chi connectivity index (χ0n) is 11.8. The van der Waals surface area contributed by atoms with E-state index in [0.717, 1.165) is 41.8 Å². The number of nitrogens with one attached hydrogen (secondary N) is 1. The van der Waals surface area contributed by atoms with E-state index in [4.69, 9.17) is 0 Å². The van der Waals surface area contributed by atoms with Crippen molar-refractivity contribution in [3.63, 3.8) is 0 Å². The molecule has 18 heavy (non-hydrogen) atoms. The van der Waals surface area contributed by atoms with Crippen molar-refractivity contribution < 1.29 is 5.11 Å². The summed E-state index contributed by atoms with van der Waals surface area (Å²) in [6.45, 7) is 7.83. The van der Waals surface area contributed by atoms with Gasteiger partial charge in [0.05, 0.1) is 21.5 Å². The molecule has 4 nitrogen and oxygen atoms in total. The first-order chi connectivity index (χ1) is 8.37. The summed E-state index contributed by atoms with van der Waals surface area (Å²) in [5, 5.41) is 18.1. The van der Waals surface area contributed by atoms with Crippen LogP contribution in [0.15, 0.2) is 4.47 Å². The van der Waals surface area contributed by atoms with Gasteiger partial charge in [0.1, 0.15) is 0 Å². The molecule has 0 spiro atoms. The van der Waals surface area contributed by atoms with Gasteiger partial charge in [0.25, 0.3) is 0 Å². The Morgan fingerprint density at radius 2 is 2.11 bits per heavy atom. The number of halogens is 1. The molecule has 0 fully saturated rings. The summed E-state index contributed by atoms with van der Waals surface area (Å²) < 4.78 is 2.85. The lowest BCUT2D eigenvalue weighted by atomic mass is 9.96. The molecule has 5 heteroatoms. The first-order valence-corrected chi connectivity index (χ1v) is 7.27. The van der Waals surface area contributed by atoms with Crippen molar-refractivity contribution in [1.29, 1.82) is 0 Å². The van der Waals surface area contributed by atoms with Crippen LogP contribution >= 0.6 is 15.9 Å². The highest BCUT2D eigenvalue weighted by Crippen LogP contribution is 2.25. The standard InChI is InChI=1S/C13H24BrN3O/c1-5-7-15-8-6-13(3,18)9-11-12(14)10(2)16-17(11)4/h15,18H,5-9H2,1-4H3. The van der Waals surface area contributed by atoms with Crippen molar-refractivity contribution >= 4 is 15.9 Å². The van der Waals surface area contributed by atoms with Gasteiger partial charge in [-0.2, -0.15) is 5.10 Å². The quantitative estimate of drug-likeness (QED) is 0.758. The van der Waals surface area contributed by atoms with Gasteiger partial charge in [0.15, 0.2) is 0 Å². The lowest BCUT2D eigenvalue weighted by Crippen LogP contribution is -2.33. The molecular formula is C13H24BrN3O. The molecule has 104 valence electrons. The fraction of sp³-hybridized carbons (Fsp3) is 0.769. The molecule has 1 aromatic rings. The Morgan fingerprint density at radius 1 is 1.44 bits per heavy atom. The predicted molar refractivity (Wildman–Crippen MR) is 77.8 cm³/mol. The van der Waals surface area contributed by atoms with E-state index in [1.807, 2.05) is 25.6 Å². The fourth-order valence-electron chi connectivity index (χ4n) is 1.98. The maximum Gasteiger partial charge on any atom is 0.0738 e. The van der Waals surface area contributed by atoms with Crippen LogP contribution in [-0.2, 0) is 13.5 Å². The first kappa shape index (κ1) is 15.7. The topological polar surface area (TPSA) is 50.1 Å². The van der Waals surface area contributed by atoms with E-state index in [0.29, 0.717) is 6.42 Å². The maximum atomic E-state index is 10.4. The third-order valence-corrected chi connectivity index (χ3v) is 4.11. The average molecular weight is 318 g/mol. The van der Waals surface area contributed by atoms with Gasteiger partial charge in [-0.3, -0.25) is 4.68 Å². The summed E-state index contributed by atoms with van der Waals surface area (Å²) in [6, 6.07) is 0. The van der Waals surface area contributed by atoms with E-state index in [1.165, 1.54) is 0 Å². The Kier molecular flexibility index (Phi) is 5.82. The van der Waals surface area contributed by atoms with Crippen molar-refractivity contribution in [2.45, 2.75) is 45.6 Å². The zero-order chi connectivity index (χ0) is 13.8. The largest absolute Gasteiger partial charge is 0.390 e. The molecule has 1 atom stereocenters. The van der Waals surface area contributed by atoms with Crippen LogP contribution in [0.5, 0.6) is 0 Å². The molecule has 1 unspecified atom stereocenters. The fourth-order valence-corrected chi connectivity index (χ4v) is 2.46. The van der Waals surface area contributed by atoms with E-state index in [9.17, 15) is 5.11 Å². The van der Waals surface area contributed by atoms with Crippen LogP contribution in [0.3, 0.4) is 0 Å². The van der Waals surface area contributed by atoms with Crippen molar-refractivity contribution in [1.82, 2.24) is 15.1 Å². The summed E-state index contributed by atoms with van der Waals surface area (Å²) >= 11 is 3.54. The Bertz CT molecular complexity index is 388. The Balaban J connectivity index is 2.58. The number of hydrogen-bond donors (Lipinski definition) is 2. The van der Waals surface area contributed by atoms with Crippen LogP contribution < -0.4 is 5.32 Å². The van der Waals surface area contributed by atoms with Gasteiger partial charge in [-0.15, -0.1) is 0 Å². The lowest BCUT2D eigenvalue weighted by Gasteiger charge is -2.23. The van der Waals surface area contributed by atoms with Gasteiger partial charge in [-0.1, -0.05) is 6.92 Å². The van der Waals surface area contributed by atoms with E-state index >= 15 is 0 Å². The van der Waals surface area contributed by atoms with Gasteiger partial charge in [0.2, 0.25) is 0 Å². The van der Waals surface area contributed by atoms with Gasteiger partial charge >= 0.3 is 0 Å². The Morgan fingerprint density at radius 3 is 2.61 bits per heavy atom. The minimum Gasteiger partial charge on any atom is -0.390 e. The molecule has 0 bridgehead atoms. The maximum absolute atomic E-state index is 10.4. The zero-order valence-corrected chi connectivity index (χ0v) is 13.3. The van der Waals surface area contributed by atoms with E-state index in [-0.39, 0.29) is 0 Å². The van der Waals surface area contributed by atoms with Crippen LogP contribution in [0, 0.1) is 6.92 Å². The predicted octanol–water partition coefficient (Wildman–Crippen LogP) is 2.17. The summed E-state index contributed by atoms with van der Waals surface area (Å²) in [5.41, 5.74) is 1.31. The number of aryl methyl sites for hydroxylation is 2. The van der Waals surface area contributed by atoms with Crippen LogP contribution in [0.2, 0.25) is 0 Å². The van der Waals surface area contributed by atoms with Gasteiger partial charge in [0, 0.05) is 13.5 Å². The van der Waals surface area contributed by atoms with Crippen LogP contribution in [0.25, 0.3) is 0 Å². The molecule has 1 rings (SSSR count). The number of rotatable bonds is 7. The molecular weight excluding hydrogens is 294 g/mol. The molecule has 0 saturated heterocycles. The minimum absolute atomic E-state index is 0.610. The van der Waals surface area contributed by atoms with Crippen LogP contribution in [0.1, 0.15) is 38.1 Å². The molecule has 0 amide bonds. The van der Waals surface area contributed by atoms with E-state index < -0.39 is 5.60 Å². The highest BCUT2D eigenvalue weighted by Gasteiger charge is 2.24. The smallest absolute Gasteiger partial charge is 0.0738 e. The SMILES string of the molecule is CCCNCCC(C)(O)Cc1c(Br)c(C)nn1C. The Hall–Kier alpha value is -0.390. The monoisotopic (exact) mass is 317 g/mol. The van der Waals surface area contributed by atoms with Crippen molar-refractivity contribution in [2.24, 2.45) is 7.05 Å². The second kappa shape index (κ2) is 6.68. The normalized spacial score (nSPS) is 14.8. The summed E-state index contributed by atoms with van der Waals surface area (Å²) in [7, 11) is 1.92. The Labute approximate surface area is 118 Å². The third-order valence-electron chi connectivity index (χ3n) is 3.08. The first-order valence-electron chi connectivity index (χ1n) is 6.48. The number of nitrogens with zero attached hydrogens (tertiary/aromatic N) is 2. The molecule has 0 aliphatic carbocycles. The number of hydrogen-bond acceptors (Lipinski definition) is 3. The van der Waals surface area contributed by atoms with Crippen molar-refractivity contribution in [2.75, 3.05) is 13.1 Å². The molecule has 1 aromatic heterocycles. The van der Waals surface area contributed by atoms with E-state index in [2.05, 4.69) is 33.3 Å². The van der Waals surface area contributed by atoms with Gasteiger partial charge in [-0.05, 0) is 55.7 Å². The van der Waals surface area contributed by atoms with Gasteiger partial charge in [-0.25, -0.2) is 0 Å². The highest BCUT2D eigenvalue weighted by molar-refractivity contribution is 9.10. The third kappa shape index (κ3) is 4.37. The summed E-state index contributed by atoms with van der Waals surface area (Å²) in [6.07, 6.45) is 2.47. The van der Waals surface area contributed by atoms with Crippen LogP contribution in [-0.4, -0.2) is 33.6 Å². The van der Waals surface area contributed by atoms with Crippen molar-refractivity contribution in [3.05, 3.63) is 15.9 Å². The number of aliphatic hydroxyl groups is 1. The second-order valence-corrected chi connectivity index (χ2v) is 5.94. The molecule has 0 aliphatic rings.